The lowest BCUT2D eigenvalue weighted by Gasteiger charge is -2.03. The summed E-state index contributed by atoms with van der Waals surface area (Å²) in [7, 11) is 0. The lowest BCUT2D eigenvalue weighted by molar-refractivity contribution is -0.113. The number of thioether (sulfide) groups is 1. The van der Waals surface area contributed by atoms with Gasteiger partial charge >= 0.3 is 0 Å². The Hall–Kier alpha value is -2.24. The second kappa shape index (κ2) is 7.35. The van der Waals surface area contributed by atoms with E-state index in [4.69, 9.17) is 11.6 Å². The topological polar surface area (TPSA) is 46.9 Å². The maximum absolute atomic E-state index is 12.0. The molecule has 0 fully saturated rings. The average molecular weight is 344 g/mol. The fourth-order valence-corrected chi connectivity index (χ4v) is 2.80. The SMILES string of the molecule is O=C(CSc1ccc(Cl)cc1)Nc1ccn(-c2ccccc2)n1. The zero-order valence-corrected chi connectivity index (χ0v) is 13.7. The molecule has 0 atom stereocenters. The van der Waals surface area contributed by atoms with Gasteiger partial charge in [-0.25, -0.2) is 4.68 Å². The number of benzene rings is 2. The largest absolute Gasteiger partial charge is 0.308 e. The molecule has 0 aliphatic heterocycles. The van der Waals surface area contributed by atoms with Crippen molar-refractivity contribution in [3.8, 4) is 5.69 Å². The van der Waals surface area contributed by atoms with E-state index in [0.29, 0.717) is 16.6 Å². The van der Waals surface area contributed by atoms with Crippen LogP contribution in [0.4, 0.5) is 5.82 Å². The number of hydrogen-bond donors (Lipinski definition) is 1. The van der Waals surface area contributed by atoms with Crippen molar-refractivity contribution >= 4 is 35.1 Å². The molecule has 23 heavy (non-hydrogen) atoms. The summed E-state index contributed by atoms with van der Waals surface area (Å²) in [6.07, 6.45) is 1.82. The number of carbonyl (C=O) groups is 1. The maximum atomic E-state index is 12.0. The molecule has 1 heterocycles. The molecule has 1 aromatic heterocycles. The predicted molar refractivity (Wildman–Crippen MR) is 94.4 cm³/mol. The highest BCUT2D eigenvalue weighted by atomic mass is 35.5. The summed E-state index contributed by atoms with van der Waals surface area (Å²) in [4.78, 5) is 13.0. The van der Waals surface area contributed by atoms with Gasteiger partial charge in [0.05, 0.1) is 11.4 Å². The van der Waals surface area contributed by atoms with Crippen LogP contribution < -0.4 is 5.32 Å². The Kier molecular flexibility index (Phi) is 5.00. The van der Waals surface area contributed by atoms with Crippen molar-refractivity contribution in [1.29, 1.82) is 0 Å². The Bertz CT molecular complexity index is 787. The van der Waals surface area contributed by atoms with Crippen LogP contribution in [0.5, 0.6) is 0 Å². The molecular weight excluding hydrogens is 330 g/mol. The number of nitrogens with one attached hydrogen (secondary N) is 1. The number of amides is 1. The normalized spacial score (nSPS) is 10.5. The number of rotatable bonds is 5. The highest BCUT2D eigenvalue weighted by Gasteiger charge is 2.07. The second-order valence-corrected chi connectivity index (χ2v) is 6.26. The molecule has 3 aromatic rings. The van der Waals surface area contributed by atoms with E-state index in [1.807, 2.05) is 60.8 Å². The standard InChI is InChI=1S/C17H14ClN3OS/c18-13-6-8-15(9-7-13)23-12-17(22)19-16-10-11-21(20-16)14-4-2-1-3-5-14/h1-11H,12H2,(H,19,20,22). The molecule has 0 radical (unpaired) electrons. The number of nitrogens with zero attached hydrogens (tertiary/aromatic N) is 2. The van der Waals surface area contributed by atoms with Gasteiger partial charge in [-0.2, -0.15) is 5.10 Å². The van der Waals surface area contributed by atoms with E-state index in [9.17, 15) is 4.79 Å². The summed E-state index contributed by atoms with van der Waals surface area (Å²) in [5.74, 6) is 0.763. The van der Waals surface area contributed by atoms with Crippen LogP contribution in [0.1, 0.15) is 0 Å². The quantitative estimate of drug-likeness (QED) is 0.704. The van der Waals surface area contributed by atoms with Crippen molar-refractivity contribution in [2.75, 3.05) is 11.1 Å². The molecule has 1 amide bonds. The molecule has 0 saturated carbocycles. The molecule has 3 rings (SSSR count). The van der Waals surface area contributed by atoms with Gasteiger partial charge in [0.2, 0.25) is 5.91 Å². The summed E-state index contributed by atoms with van der Waals surface area (Å²) in [5.41, 5.74) is 0.948. The van der Waals surface area contributed by atoms with Crippen molar-refractivity contribution in [1.82, 2.24) is 9.78 Å². The van der Waals surface area contributed by atoms with Crippen LogP contribution in [-0.2, 0) is 4.79 Å². The Labute approximate surface area is 143 Å². The van der Waals surface area contributed by atoms with Crippen LogP contribution in [0, 0.1) is 0 Å². The van der Waals surface area contributed by atoms with Gasteiger partial charge in [-0.3, -0.25) is 4.79 Å². The molecule has 0 aliphatic rings. The van der Waals surface area contributed by atoms with E-state index in [0.717, 1.165) is 10.6 Å². The summed E-state index contributed by atoms with van der Waals surface area (Å²) < 4.78 is 1.72. The van der Waals surface area contributed by atoms with Crippen LogP contribution in [0.25, 0.3) is 5.69 Å². The summed E-state index contributed by atoms with van der Waals surface area (Å²) in [6.45, 7) is 0. The Morgan fingerprint density at radius 3 is 2.57 bits per heavy atom. The van der Waals surface area contributed by atoms with Crippen LogP contribution in [0.15, 0.2) is 71.8 Å². The fourth-order valence-electron chi connectivity index (χ4n) is 1.97. The van der Waals surface area contributed by atoms with Gasteiger partial charge in [-0.1, -0.05) is 29.8 Å². The predicted octanol–water partition coefficient (Wildman–Crippen LogP) is 4.26. The first-order valence-electron chi connectivity index (χ1n) is 7.00. The first kappa shape index (κ1) is 15.6. The summed E-state index contributed by atoms with van der Waals surface area (Å²) >= 11 is 7.29. The third kappa shape index (κ3) is 4.37. The third-order valence-corrected chi connectivity index (χ3v) is 4.32. The highest BCUT2D eigenvalue weighted by molar-refractivity contribution is 8.00. The van der Waals surface area contributed by atoms with E-state index < -0.39 is 0 Å². The first-order valence-corrected chi connectivity index (χ1v) is 8.36. The molecule has 116 valence electrons. The molecule has 0 aliphatic carbocycles. The lowest BCUT2D eigenvalue weighted by atomic mass is 10.3. The van der Waals surface area contributed by atoms with E-state index in [1.165, 1.54) is 11.8 Å². The minimum Gasteiger partial charge on any atom is -0.308 e. The van der Waals surface area contributed by atoms with Gasteiger partial charge in [-0.15, -0.1) is 11.8 Å². The van der Waals surface area contributed by atoms with Crippen molar-refractivity contribution in [3.05, 3.63) is 71.9 Å². The minimum atomic E-state index is -0.0942. The van der Waals surface area contributed by atoms with Gasteiger partial charge in [-0.05, 0) is 36.4 Å². The minimum absolute atomic E-state index is 0.0942. The first-order chi connectivity index (χ1) is 11.2. The number of carbonyl (C=O) groups excluding carboxylic acids is 1. The zero-order valence-electron chi connectivity index (χ0n) is 12.1. The second-order valence-electron chi connectivity index (χ2n) is 4.77. The third-order valence-electron chi connectivity index (χ3n) is 3.06. The fraction of sp³-hybridized carbons (Fsp3) is 0.0588. The molecule has 0 unspecified atom stereocenters. The van der Waals surface area contributed by atoms with E-state index in [1.54, 1.807) is 10.7 Å². The van der Waals surface area contributed by atoms with Crippen molar-refractivity contribution < 1.29 is 4.79 Å². The number of anilines is 1. The lowest BCUT2D eigenvalue weighted by Crippen LogP contribution is -2.14. The smallest absolute Gasteiger partial charge is 0.235 e. The molecule has 0 spiro atoms. The average Bonchev–Trinajstić information content (AvgIpc) is 3.04. The molecular formula is C17H14ClN3OS. The Balaban J connectivity index is 1.56. The number of halogens is 1. The number of aromatic nitrogens is 2. The zero-order chi connectivity index (χ0) is 16.1. The van der Waals surface area contributed by atoms with Crippen molar-refractivity contribution in [2.45, 2.75) is 4.90 Å². The Morgan fingerprint density at radius 2 is 1.83 bits per heavy atom. The molecule has 0 saturated heterocycles. The van der Waals surface area contributed by atoms with E-state index in [-0.39, 0.29) is 5.91 Å². The van der Waals surface area contributed by atoms with E-state index >= 15 is 0 Å². The van der Waals surface area contributed by atoms with Gasteiger partial charge in [0.1, 0.15) is 0 Å². The van der Waals surface area contributed by atoms with Gasteiger partial charge in [0.25, 0.3) is 0 Å². The van der Waals surface area contributed by atoms with Crippen LogP contribution in [0.3, 0.4) is 0 Å². The van der Waals surface area contributed by atoms with Crippen LogP contribution in [-0.4, -0.2) is 21.4 Å². The van der Waals surface area contributed by atoms with Gasteiger partial charge < -0.3 is 5.32 Å². The monoisotopic (exact) mass is 343 g/mol. The maximum Gasteiger partial charge on any atom is 0.235 e. The van der Waals surface area contributed by atoms with Crippen LogP contribution in [0.2, 0.25) is 5.02 Å². The molecule has 2 aromatic carbocycles. The van der Waals surface area contributed by atoms with Gasteiger partial charge in [0, 0.05) is 22.2 Å². The van der Waals surface area contributed by atoms with Gasteiger partial charge in [0.15, 0.2) is 5.82 Å². The molecule has 1 N–H and O–H groups in total. The van der Waals surface area contributed by atoms with Crippen LogP contribution >= 0.6 is 23.4 Å². The summed E-state index contributed by atoms with van der Waals surface area (Å²) in [6, 6.07) is 18.9. The molecule has 4 nitrogen and oxygen atoms in total. The number of para-hydroxylation sites is 1. The van der Waals surface area contributed by atoms with Crippen molar-refractivity contribution in [2.24, 2.45) is 0 Å². The molecule has 0 bridgehead atoms. The molecule has 6 heteroatoms. The Morgan fingerprint density at radius 1 is 1.09 bits per heavy atom. The van der Waals surface area contributed by atoms with Crippen molar-refractivity contribution in [3.63, 3.8) is 0 Å². The summed E-state index contributed by atoms with van der Waals surface area (Å²) in [5, 5.41) is 7.83. The highest BCUT2D eigenvalue weighted by Crippen LogP contribution is 2.20. The number of hydrogen-bond acceptors (Lipinski definition) is 3. The van der Waals surface area contributed by atoms with E-state index in [2.05, 4.69) is 10.4 Å².